The highest BCUT2D eigenvalue weighted by Crippen LogP contribution is 2.23. The second kappa shape index (κ2) is 4.35. The fourth-order valence-electron chi connectivity index (χ4n) is 1.30. The summed E-state index contributed by atoms with van der Waals surface area (Å²) in [6.07, 6.45) is 0.774. The van der Waals surface area contributed by atoms with Crippen molar-refractivity contribution in [3.05, 3.63) is 61.1 Å². The molecule has 0 radical (unpaired) electrons. The maximum absolute atomic E-state index is 13.1. The van der Waals surface area contributed by atoms with Gasteiger partial charge in [-0.3, -0.25) is 14.3 Å². The Morgan fingerprint density at radius 2 is 1.94 bits per heavy atom. The first-order valence-corrected chi connectivity index (χ1v) is 5.21. The lowest BCUT2D eigenvalue weighted by molar-refractivity contribution is 0.587. The van der Waals surface area contributed by atoms with Gasteiger partial charge in [-0.2, -0.15) is 4.39 Å². The molecule has 0 spiro atoms. The van der Waals surface area contributed by atoms with Crippen molar-refractivity contribution >= 4 is 23.2 Å². The maximum Gasteiger partial charge on any atom is 0.333 e. The Balaban J connectivity index is 2.73. The first-order chi connectivity index (χ1) is 7.99. The molecule has 0 aliphatic carbocycles. The summed E-state index contributed by atoms with van der Waals surface area (Å²) in [5.41, 5.74) is -1.62. The standard InChI is InChI=1S/C10H5Cl2FN2O2/c11-5-1-2-8(6(12)3-5)15-4-7(13)9(16)14-10(15)17/h1-4H,(H,14,16,17). The van der Waals surface area contributed by atoms with Crippen LogP contribution in [0.2, 0.25) is 10.0 Å². The van der Waals surface area contributed by atoms with Gasteiger partial charge in [0.1, 0.15) is 0 Å². The molecule has 0 aliphatic rings. The van der Waals surface area contributed by atoms with Crippen molar-refractivity contribution in [1.82, 2.24) is 9.55 Å². The summed E-state index contributed by atoms with van der Waals surface area (Å²) < 4.78 is 14.0. The smallest absolute Gasteiger partial charge is 0.271 e. The predicted octanol–water partition coefficient (Wildman–Crippen LogP) is 1.97. The highest BCUT2D eigenvalue weighted by Gasteiger charge is 2.09. The first-order valence-electron chi connectivity index (χ1n) is 4.46. The molecule has 1 N–H and O–H groups in total. The maximum atomic E-state index is 13.1. The van der Waals surface area contributed by atoms with Crippen molar-refractivity contribution in [3.63, 3.8) is 0 Å². The summed E-state index contributed by atoms with van der Waals surface area (Å²) in [5, 5.41) is 0.558. The van der Waals surface area contributed by atoms with Gasteiger partial charge in [0, 0.05) is 5.02 Å². The third kappa shape index (κ3) is 2.25. The molecule has 0 fully saturated rings. The summed E-state index contributed by atoms with van der Waals surface area (Å²) in [6.45, 7) is 0. The third-order valence-electron chi connectivity index (χ3n) is 2.07. The van der Waals surface area contributed by atoms with Gasteiger partial charge in [-0.05, 0) is 18.2 Å². The molecule has 4 nitrogen and oxygen atoms in total. The SMILES string of the molecule is O=c1[nH]c(=O)n(-c2ccc(Cl)cc2Cl)cc1F. The lowest BCUT2D eigenvalue weighted by Gasteiger charge is -2.07. The largest absolute Gasteiger partial charge is 0.333 e. The van der Waals surface area contributed by atoms with Crippen LogP contribution in [0.5, 0.6) is 0 Å². The van der Waals surface area contributed by atoms with Crippen molar-refractivity contribution in [2.75, 3.05) is 0 Å². The van der Waals surface area contributed by atoms with E-state index >= 15 is 0 Å². The van der Waals surface area contributed by atoms with Gasteiger partial charge in [0.25, 0.3) is 5.56 Å². The number of nitrogens with one attached hydrogen (secondary N) is 1. The van der Waals surface area contributed by atoms with Crippen LogP contribution in [0.25, 0.3) is 5.69 Å². The number of H-pyrrole nitrogens is 1. The zero-order valence-electron chi connectivity index (χ0n) is 8.21. The van der Waals surface area contributed by atoms with Gasteiger partial charge >= 0.3 is 5.69 Å². The summed E-state index contributed by atoms with van der Waals surface area (Å²) >= 11 is 11.6. The minimum Gasteiger partial charge on any atom is -0.271 e. The Morgan fingerprint density at radius 3 is 2.59 bits per heavy atom. The van der Waals surface area contributed by atoms with Gasteiger partial charge in [-0.15, -0.1) is 0 Å². The fraction of sp³-hybridized carbons (Fsp3) is 0. The van der Waals surface area contributed by atoms with Crippen LogP contribution in [0.15, 0.2) is 34.0 Å². The molecule has 7 heteroatoms. The fourth-order valence-corrected chi connectivity index (χ4v) is 1.80. The monoisotopic (exact) mass is 274 g/mol. The van der Waals surface area contributed by atoms with Crippen LogP contribution < -0.4 is 11.2 Å². The van der Waals surface area contributed by atoms with Gasteiger partial charge in [0.2, 0.25) is 5.82 Å². The van der Waals surface area contributed by atoms with E-state index in [0.29, 0.717) is 5.02 Å². The Labute approximate surface area is 104 Å². The second-order valence-corrected chi connectivity index (χ2v) is 4.05. The van der Waals surface area contributed by atoms with E-state index in [-0.39, 0.29) is 10.7 Å². The molecule has 0 saturated heterocycles. The van der Waals surface area contributed by atoms with Crippen LogP contribution in [0.4, 0.5) is 4.39 Å². The average molecular weight is 275 g/mol. The normalized spacial score (nSPS) is 10.5. The molecule has 1 aromatic heterocycles. The lowest BCUT2D eigenvalue weighted by atomic mass is 10.3. The zero-order chi connectivity index (χ0) is 12.6. The predicted molar refractivity (Wildman–Crippen MR) is 62.6 cm³/mol. The molecule has 0 aliphatic heterocycles. The van der Waals surface area contributed by atoms with Gasteiger partial charge in [-0.25, -0.2) is 4.79 Å². The van der Waals surface area contributed by atoms with Crippen molar-refractivity contribution in [3.8, 4) is 5.69 Å². The van der Waals surface area contributed by atoms with E-state index in [9.17, 15) is 14.0 Å². The molecule has 88 valence electrons. The van der Waals surface area contributed by atoms with Crippen LogP contribution in [0, 0.1) is 5.82 Å². The Hall–Kier alpha value is -1.59. The van der Waals surface area contributed by atoms with E-state index in [1.807, 2.05) is 4.98 Å². The number of halogens is 3. The number of hydrogen-bond acceptors (Lipinski definition) is 2. The first kappa shape index (κ1) is 11.9. The average Bonchev–Trinajstić information content (AvgIpc) is 2.24. The molecular formula is C10H5Cl2FN2O2. The Kier molecular flexibility index (Phi) is 3.04. The molecule has 2 aromatic rings. The highest BCUT2D eigenvalue weighted by molar-refractivity contribution is 6.35. The summed E-state index contributed by atoms with van der Waals surface area (Å²) in [5.74, 6) is -1.07. The molecule has 0 atom stereocenters. The summed E-state index contributed by atoms with van der Waals surface area (Å²) in [7, 11) is 0. The molecule has 17 heavy (non-hydrogen) atoms. The van der Waals surface area contributed by atoms with E-state index in [1.165, 1.54) is 18.2 Å². The minimum absolute atomic E-state index is 0.172. The second-order valence-electron chi connectivity index (χ2n) is 3.20. The summed E-state index contributed by atoms with van der Waals surface area (Å²) in [6, 6.07) is 4.36. The lowest BCUT2D eigenvalue weighted by Crippen LogP contribution is -2.30. The number of nitrogens with zero attached hydrogens (tertiary/aromatic N) is 1. The number of aromatic nitrogens is 2. The highest BCUT2D eigenvalue weighted by atomic mass is 35.5. The van der Waals surface area contributed by atoms with Crippen LogP contribution in [-0.2, 0) is 0 Å². The van der Waals surface area contributed by atoms with E-state index in [4.69, 9.17) is 23.2 Å². The van der Waals surface area contributed by atoms with Gasteiger partial charge < -0.3 is 0 Å². The van der Waals surface area contributed by atoms with Gasteiger partial charge in [0.15, 0.2) is 0 Å². The van der Waals surface area contributed by atoms with Gasteiger partial charge in [0.05, 0.1) is 16.9 Å². The topological polar surface area (TPSA) is 54.9 Å². The number of aromatic amines is 1. The van der Waals surface area contributed by atoms with E-state index in [1.54, 1.807) is 0 Å². The molecule has 1 aromatic carbocycles. The van der Waals surface area contributed by atoms with Crippen molar-refractivity contribution in [2.45, 2.75) is 0 Å². The molecule has 0 bridgehead atoms. The number of benzene rings is 1. The molecule has 2 rings (SSSR count). The number of hydrogen-bond donors (Lipinski definition) is 1. The van der Waals surface area contributed by atoms with E-state index in [2.05, 4.69) is 0 Å². The third-order valence-corrected chi connectivity index (χ3v) is 2.61. The van der Waals surface area contributed by atoms with Crippen LogP contribution in [-0.4, -0.2) is 9.55 Å². The van der Waals surface area contributed by atoms with E-state index in [0.717, 1.165) is 10.8 Å². The van der Waals surface area contributed by atoms with Crippen LogP contribution >= 0.6 is 23.2 Å². The zero-order valence-corrected chi connectivity index (χ0v) is 9.72. The number of rotatable bonds is 1. The minimum atomic E-state index is -1.07. The molecule has 0 unspecified atom stereocenters. The van der Waals surface area contributed by atoms with Crippen molar-refractivity contribution < 1.29 is 4.39 Å². The van der Waals surface area contributed by atoms with Crippen LogP contribution in [0.1, 0.15) is 0 Å². The molecule has 0 amide bonds. The molecular weight excluding hydrogens is 270 g/mol. The molecule has 0 saturated carbocycles. The Morgan fingerprint density at radius 1 is 1.24 bits per heavy atom. The summed E-state index contributed by atoms with van der Waals surface area (Å²) in [4.78, 5) is 24.2. The van der Waals surface area contributed by atoms with E-state index < -0.39 is 17.1 Å². The van der Waals surface area contributed by atoms with Gasteiger partial charge in [-0.1, -0.05) is 23.2 Å². The Bertz CT molecular complexity index is 693. The quantitative estimate of drug-likeness (QED) is 0.865. The van der Waals surface area contributed by atoms with Crippen molar-refractivity contribution in [2.24, 2.45) is 0 Å². The molecule has 1 heterocycles. The van der Waals surface area contributed by atoms with Crippen LogP contribution in [0.3, 0.4) is 0 Å². The van der Waals surface area contributed by atoms with Crippen molar-refractivity contribution in [1.29, 1.82) is 0 Å².